The van der Waals surface area contributed by atoms with Crippen LogP contribution in [0.2, 0.25) is 0 Å². The monoisotopic (exact) mass is 309 g/mol. The Morgan fingerprint density at radius 2 is 2.22 bits per heavy atom. The first-order chi connectivity index (χ1) is 11.0. The van der Waals surface area contributed by atoms with Crippen molar-refractivity contribution in [3.63, 3.8) is 0 Å². The number of aliphatic hydroxyl groups excluding tert-OH is 1. The van der Waals surface area contributed by atoms with Gasteiger partial charge in [0.2, 0.25) is 0 Å². The van der Waals surface area contributed by atoms with Crippen LogP contribution in [-0.4, -0.2) is 19.5 Å². The third-order valence-corrected chi connectivity index (χ3v) is 4.77. The maximum atomic E-state index is 13.0. The standard InChI is InChI=1S/C18H19N3O2/c1-4-12-5-6-20-17-15(9-19-21(12)17)16-13(11(3)22)7-10(2)8-14(16)18(20)23/h4,7-9,11-12,22H,1,5-6H2,2-3H3. The minimum Gasteiger partial charge on any atom is -0.389 e. The molecule has 118 valence electrons. The van der Waals surface area contributed by atoms with Crippen molar-refractivity contribution in [2.24, 2.45) is 0 Å². The highest BCUT2D eigenvalue weighted by Crippen LogP contribution is 2.34. The van der Waals surface area contributed by atoms with Crippen molar-refractivity contribution in [1.29, 1.82) is 0 Å². The molecule has 0 radical (unpaired) electrons. The lowest BCUT2D eigenvalue weighted by Crippen LogP contribution is -2.29. The van der Waals surface area contributed by atoms with E-state index >= 15 is 0 Å². The van der Waals surface area contributed by atoms with E-state index in [1.807, 2.05) is 29.8 Å². The Bertz CT molecular complexity index is 1010. The minimum absolute atomic E-state index is 0.0117. The first kappa shape index (κ1) is 14.2. The van der Waals surface area contributed by atoms with Gasteiger partial charge in [0.05, 0.1) is 18.3 Å². The average molecular weight is 309 g/mol. The number of hydrogen-bond acceptors (Lipinski definition) is 3. The molecule has 0 amide bonds. The average Bonchev–Trinajstić information content (AvgIpc) is 2.96. The molecule has 0 aliphatic carbocycles. The van der Waals surface area contributed by atoms with Crippen molar-refractivity contribution in [2.45, 2.75) is 39.0 Å². The number of aryl methyl sites for hydroxylation is 2. The van der Waals surface area contributed by atoms with Crippen LogP contribution >= 0.6 is 0 Å². The number of pyridine rings is 1. The van der Waals surface area contributed by atoms with Gasteiger partial charge in [0, 0.05) is 22.7 Å². The first-order valence-electron chi connectivity index (χ1n) is 7.87. The van der Waals surface area contributed by atoms with Gasteiger partial charge >= 0.3 is 0 Å². The molecule has 0 saturated heterocycles. The fourth-order valence-electron chi connectivity index (χ4n) is 3.71. The van der Waals surface area contributed by atoms with Crippen molar-refractivity contribution >= 4 is 21.8 Å². The van der Waals surface area contributed by atoms with Gasteiger partial charge in [-0.1, -0.05) is 12.1 Å². The molecule has 23 heavy (non-hydrogen) atoms. The van der Waals surface area contributed by atoms with Crippen LogP contribution in [0.4, 0.5) is 0 Å². The molecule has 1 aliphatic heterocycles. The van der Waals surface area contributed by atoms with Crippen LogP contribution in [-0.2, 0) is 6.54 Å². The second kappa shape index (κ2) is 4.80. The highest BCUT2D eigenvalue weighted by molar-refractivity contribution is 6.06. The molecule has 0 fully saturated rings. The summed E-state index contributed by atoms with van der Waals surface area (Å²) in [5.74, 6) is 0. The van der Waals surface area contributed by atoms with Gasteiger partial charge in [0.25, 0.3) is 5.56 Å². The summed E-state index contributed by atoms with van der Waals surface area (Å²) in [4.78, 5) is 13.0. The summed E-state index contributed by atoms with van der Waals surface area (Å²) in [5, 5.41) is 17.1. The van der Waals surface area contributed by atoms with Gasteiger partial charge in [-0.3, -0.25) is 9.36 Å². The number of benzene rings is 1. The lowest BCUT2D eigenvalue weighted by atomic mass is 9.97. The smallest absolute Gasteiger partial charge is 0.260 e. The van der Waals surface area contributed by atoms with Gasteiger partial charge in [-0.15, -0.1) is 6.58 Å². The molecule has 1 N–H and O–H groups in total. The van der Waals surface area contributed by atoms with E-state index in [0.29, 0.717) is 11.9 Å². The molecule has 2 aromatic heterocycles. The summed E-state index contributed by atoms with van der Waals surface area (Å²) in [6.07, 6.45) is 3.84. The summed E-state index contributed by atoms with van der Waals surface area (Å²) in [5.41, 5.74) is 2.57. The van der Waals surface area contributed by atoms with Crippen LogP contribution in [0.5, 0.6) is 0 Å². The predicted molar refractivity (Wildman–Crippen MR) is 90.7 cm³/mol. The maximum Gasteiger partial charge on any atom is 0.260 e. The Morgan fingerprint density at radius 1 is 1.43 bits per heavy atom. The van der Waals surface area contributed by atoms with Crippen molar-refractivity contribution in [3.8, 4) is 0 Å². The van der Waals surface area contributed by atoms with Crippen molar-refractivity contribution in [2.75, 3.05) is 0 Å². The number of allylic oxidation sites excluding steroid dienone is 1. The fourth-order valence-corrected chi connectivity index (χ4v) is 3.71. The van der Waals surface area contributed by atoms with E-state index in [1.54, 1.807) is 17.7 Å². The van der Waals surface area contributed by atoms with E-state index < -0.39 is 6.10 Å². The zero-order valence-corrected chi connectivity index (χ0v) is 13.3. The Balaban J connectivity index is 2.27. The Labute approximate surface area is 133 Å². The predicted octanol–water partition coefficient (Wildman–Crippen LogP) is 2.84. The van der Waals surface area contributed by atoms with Crippen LogP contribution in [0.15, 0.2) is 35.8 Å². The molecule has 0 bridgehead atoms. The van der Waals surface area contributed by atoms with Gasteiger partial charge in [0.1, 0.15) is 5.65 Å². The molecule has 3 heterocycles. The summed E-state index contributed by atoms with van der Waals surface area (Å²) in [6.45, 7) is 8.21. The molecule has 2 unspecified atom stereocenters. The van der Waals surface area contributed by atoms with Crippen LogP contribution < -0.4 is 5.56 Å². The van der Waals surface area contributed by atoms with Gasteiger partial charge in [-0.2, -0.15) is 5.10 Å². The molecule has 0 spiro atoms. The van der Waals surface area contributed by atoms with Gasteiger partial charge in [-0.25, -0.2) is 4.68 Å². The van der Waals surface area contributed by atoms with Crippen LogP contribution in [0, 0.1) is 6.92 Å². The topological polar surface area (TPSA) is 60.1 Å². The second-order valence-corrected chi connectivity index (χ2v) is 6.33. The Hall–Kier alpha value is -2.40. The Morgan fingerprint density at radius 3 is 2.91 bits per heavy atom. The highest BCUT2D eigenvalue weighted by Gasteiger charge is 2.25. The molecule has 1 aliphatic rings. The zero-order chi connectivity index (χ0) is 16.3. The van der Waals surface area contributed by atoms with E-state index in [2.05, 4.69) is 11.7 Å². The number of hydrogen-bond donors (Lipinski definition) is 1. The lowest BCUT2D eigenvalue weighted by Gasteiger charge is -2.24. The van der Waals surface area contributed by atoms with Gasteiger partial charge < -0.3 is 5.11 Å². The van der Waals surface area contributed by atoms with E-state index in [-0.39, 0.29) is 11.6 Å². The molecule has 2 atom stereocenters. The third-order valence-electron chi connectivity index (χ3n) is 4.77. The van der Waals surface area contributed by atoms with Crippen molar-refractivity contribution in [1.82, 2.24) is 14.3 Å². The van der Waals surface area contributed by atoms with Crippen molar-refractivity contribution < 1.29 is 5.11 Å². The summed E-state index contributed by atoms with van der Waals surface area (Å²) >= 11 is 0. The molecular weight excluding hydrogens is 290 g/mol. The van der Waals surface area contributed by atoms with Crippen molar-refractivity contribution in [3.05, 3.63) is 52.5 Å². The zero-order valence-electron chi connectivity index (χ0n) is 13.3. The van der Waals surface area contributed by atoms with Crippen LogP contribution in [0.1, 0.15) is 36.6 Å². The minimum atomic E-state index is -0.641. The quantitative estimate of drug-likeness (QED) is 0.741. The number of aromatic nitrogens is 3. The molecule has 5 nitrogen and oxygen atoms in total. The SMILES string of the molecule is C=CC1CCn2c(=O)c3cc(C)cc(C(C)O)c3c3cnn1c32. The number of fused-ring (bicyclic) bond motifs is 2. The third kappa shape index (κ3) is 1.83. The van der Waals surface area contributed by atoms with Gasteiger partial charge in [0.15, 0.2) is 0 Å². The number of aliphatic hydroxyl groups is 1. The fraction of sp³-hybridized carbons (Fsp3) is 0.333. The molecule has 4 rings (SSSR count). The number of nitrogens with zero attached hydrogens (tertiary/aromatic N) is 3. The molecular formula is C18H19N3O2. The van der Waals surface area contributed by atoms with Crippen LogP contribution in [0.3, 0.4) is 0 Å². The van der Waals surface area contributed by atoms with E-state index in [4.69, 9.17) is 0 Å². The largest absolute Gasteiger partial charge is 0.389 e. The summed E-state index contributed by atoms with van der Waals surface area (Å²) in [7, 11) is 0. The van der Waals surface area contributed by atoms with E-state index in [1.165, 1.54) is 0 Å². The van der Waals surface area contributed by atoms with E-state index in [9.17, 15) is 9.90 Å². The molecule has 0 saturated carbocycles. The first-order valence-corrected chi connectivity index (χ1v) is 7.87. The number of rotatable bonds is 2. The van der Waals surface area contributed by atoms with Crippen LogP contribution in [0.25, 0.3) is 21.8 Å². The Kier molecular flexibility index (Phi) is 2.96. The highest BCUT2D eigenvalue weighted by atomic mass is 16.3. The lowest BCUT2D eigenvalue weighted by molar-refractivity contribution is 0.201. The normalized spacial score (nSPS) is 18.5. The molecule has 3 aromatic rings. The molecule has 5 heteroatoms. The summed E-state index contributed by atoms with van der Waals surface area (Å²) in [6, 6.07) is 3.96. The van der Waals surface area contributed by atoms with Gasteiger partial charge in [-0.05, 0) is 37.5 Å². The summed E-state index contributed by atoms with van der Waals surface area (Å²) < 4.78 is 3.67. The molecule has 1 aromatic carbocycles. The maximum absolute atomic E-state index is 13.0. The van der Waals surface area contributed by atoms with E-state index in [0.717, 1.165) is 34.0 Å². The second-order valence-electron chi connectivity index (χ2n) is 6.33.